The smallest absolute Gasteiger partial charge is 0.256 e. The average molecular weight is 432 g/mol. The molecule has 1 atom stereocenters. The van der Waals surface area contributed by atoms with Crippen molar-refractivity contribution in [3.63, 3.8) is 0 Å². The van der Waals surface area contributed by atoms with Crippen LogP contribution in [0.4, 0.5) is 0 Å². The van der Waals surface area contributed by atoms with Gasteiger partial charge in [0.2, 0.25) is 0 Å². The number of benzene rings is 1. The number of fused-ring (bicyclic) bond motifs is 1. The highest BCUT2D eigenvalue weighted by molar-refractivity contribution is 6.17. The van der Waals surface area contributed by atoms with Crippen molar-refractivity contribution in [3.05, 3.63) is 35.4 Å². The second-order valence-corrected chi connectivity index (χ2v) is 6.59. The third-order valence-corrected chi connectivity index (χ3v) is 4.37. The Bertz CT molecular complexity index is 590. The van der Waals surface area contributed by atoms with Gasteiger partial charge in [0.25, 0.3) is 5.91 Å². The molecule has 1 aromatic rings. The molecule has 1 N–H and O–H groups in total. The van der Waals surface area contributed by atoms with Gasteiger partial charge >= 0.3 is 0 Å². The first kappa shape index (κ1) is 24.0. The quantitative estimate of drug-likeness (QED) is 0.295. The van der Waals surface area contributed by atoms with E-state index in [9.17, 15) is 9.90 Å². The molecule has 29 heavy (non-hydrogen) atoms. The largest absolute Gasteiger partial charge is 0.378 e. The molecule has 0 fully saturated rings. The standard InChI is InChI=1S/C20H30ClNO7/c21-5-7-25-9-11-27-13-15-29-16-14-28-12-10-26-8-6-22-19(23)17-3-1-2-4-18(17)20(22)24/h1-4,19,23H,5-16H2. The van der Waals surface area contributed by atoms with Crippen LogP contribution in [0.5, 0.6) is 0 Å². The lowest BCUT2D eigenvalue weighted by atomic mass is 10.1. The molecular weight excluding hydrogens is 402 g/mol. The molecule has 0 aromatic heterocycles. The van der Waals surface area contributed by atoms with Crippen molar-refractivity contribution in [1.29, 1.82) is 0 Å². The summed E-state index contributed by atoms with van der Waals surface area (Å²) in [5.41, 5.74) is 1.19. The molecule has 164 valence electrons. The van der Waals surface area contributed by atoms with Gasteiger partial charge in [0.05, 0.1) is 66.1 Å². The van der Waals surface area contributed by atoms with Crippen molar-refractivity contribution in [2.24, 2.45) is 0 Å². The summed E-state index contributed by atoms with van der Waals surface area (Å²) >= 11 is 5.48. The molecule has 0 spiro atoms. The molecule has 0 radical (unpaired) electrons. The van der Waals surface area contributed by atoms with Crippen LogP contribution in [0.3, 0.4) is 0 Å². The third kappa shape index (κ3) is 8.55. The van der Waals surface area contributed by atoms with Crippen LogP contribution < -0.4 is 0 Å². The van der Waals surface area contributed by atoms with E-state index in [2.05, 4.69) is 0 Å². The molecule has 0 aliphatic carbocycles. The van der Waals surface area contributed by atoms with Gasteiger partial charge in [-0.05, 0) is 6.07 Å². The van der Waals surface area contributed by atoms with Gasteiger partial charge < -0.3 is 33.7 Å². The number of amides is 1. The SMILES string of the molecule is O=C1c2ccccc2C(O)N1CCOCCOCCOCCOCCOCCCl. The maximum absolute atomic E-state index is 12.3. The van der Waals surface area contributed by atoms with Crippen LogP contribution in [0.1, 0.15) is 22.1 Å². The Balaban J connectivity index is 1.37. The summed E-state index contributed by atoms with van der Waals surface area (Å²) in [7, 11) is 0. The second kappa shape index (κ2) is 14.7. The Labute approximate surface area is 176 Å². The zero-order valence-electron chi connectivity index (χ0n) is 16.6. The zero-order valence-corrected chi connectivity index (χ0v) is 17.3. The number of rotatable bonds is 17. The number of carbonyl (C=O) groups is 1. The van der Waals surface area contributed by atoms with Crippen LogP contribution >= 0.6 is 11.6 Å². The number of hydrogen-bond acceptors (Lipinski definition) is 7. The topological polar surface area (TPSA) is 86.7 Å². The number of carbonyl (C=O) groups excluding carboxylic acids is 1. The van der Waals surface area contributed by atoms with Crippen LogP contribution in [0.25, 0.3) is 0 Å². The van der Waals surface area contributed by atoms with Gasteiger partial charge in [0.1, 0.15) is 0 Å². The van der Waals surface area contributed by atoms with E-state index in [-0.39, 0.29) is 5.91 Å². The van der Waals surface area contributed by atoms with Gasteiger partial charge in [0, 0.05) is 23.6 Å². The predicted molar refractivity (Wildman–Crippen MR) is 107 cm³/mol. The van der Waals surface area contributed by atoms with E-state index in [0.29, 0.717) is 89.6 Å². The maximum atomic E-state index is 12.3. The number of hydrogen-bond donors (Lipinski definition) is 1. The minimum Gasteiger partial charge on any atom is -0.378 e. The van der Waals surface area contributed by atoms with Crippen molar-refractivity contribution in [3.8, 4) is 0 Å². The van der Waals surface area contributed by atoms with Crippen LogP contribution in [0.15, 0.2) is 24.3 Å². The summed E-state index contributed by atoms with van der Waals surface area (Å²) in [4.78, 5) is 13.7. The van der Waals surface area contributed by atoms with Crippen molar-refractivity contribution in [2.75, 3.05) is 78.5 Å². The van der Waals surface area contributed by atoms with Crippen molar-refractivity contribution in [1.82, 2.24) is 4.90 Å². The Kier molecular flexibility index (Phi) is 12.2. The van der Waals surface area contributed by atoms with Crippen LogP contribution in [0, 0.1) is 0 Å². The summed E-state index contributed by atoms with van der Waals surface area (Å²) in [5, 5.41) is 10.2. The molecule has 0 bridgehead atoms. The highest BCUT2D eigenvalue weighted by Crippen LogP contribution is 2.30. The highest BCUT2D eigenvalue weighted by Gasteiger charge is 2.34. The van der Waals surface area contributed by atoms with E-state index in [0.717, 1.165) is 0 Å². The average Bonchev–Trinajstić information content (AvgIpc) is 2.98. The van der Waals surface area contributed by atoms with Crippen molar-refractivity contribution in [2.45, 2.75) is 6.23 Å². The van der Waals surface area contributed by atoms with E-state index in [1.54, 1.807) is 18.2 Å². The summed E-state index contributed by atoms with van der Waals surface area (Å²) in [6.45, 7) is 5.09. The number of aliphatic hydroxyl groups is 1. The van der Waals surface area contributed by atoms with Gasteiger partial charge in [-0.1, -0.05) is 18.2 Å². The Morgan fingerprint density at radius 1 is 0.793 bits per heavy atom. The molecule has 1 aromatic carbocycles. The zero-order chi connectivity index (χ0) is 20.7. The van der Waals surface area contributed by atoms with Gasteiger partial charge in [-0.2, -0.15) is 0 Å². The van der Waals surface area contributed by atoms with Crippen LogP contribution in [-0.2, 0) is 23.7 Å². The Morgan fingerprint density at radius 2 is 1.28 bits per heavy atom. The second-order valence-electron chi connectivity index (χ2n) is 6.21. The molecule has 1 heterocycles. The first-order valence-corrected chi connectivity index (χ1v) is 10.3. The lowest BCUT2D eigenvalue weighted by Crippen LogP contribution is -2.31. The first-order valence-electron chi connectivity index (χ1n) is 9.78. The number of aliphatic hydroxyl groups excluding tert-OH is 1. The molecule has 1 unspecified atom stereocenters. The van der Waals surface area contributed by atoms with E-state index in [4.69, 9.17) is 35.3 Å². The monoisotopic (exact) mass is 431 g/mol. The van der Waals surface area contributed by atoms with Crippen LogP contribution in [-0.4, -0.2) is 94.4 Å². The fourth-order valence-corrected chi connectivity index (χ4v) is 2.88. The van der Waals surface area contributed by atoms with E-state index in [1.807, 2.05) is 6.07 Å². The summed E-state index contributed by atoms with van der Waals surface area (Å²) in [6.07, 6.45) is -0.905. The normalized spacial score (nSPS) is 15.9. The van der Waals surface area contributed by atoms with Gasteiger partial charge in [0.15, 0.2) is 6.23 Å². The molecule has 0 saturated carbocycles. The first-order chi connectivity index (χ1) is 14.3. The van der Waals surface area contributed by atoms with Crippen molar-refractivity contribution < 1.29 is 33.6 Å². The molecule has 1 amide bonds. The Hall–Kier alpha value is -1.26. The maximum Gasteiger partial charge on any atom is 0.256 e. The summed E-state index contributed by atoms with van der Waals surface area (Å²) < 4.78 is 26.8. The highest BCUT2D eigenvalue weighted by atomic mass is 35.5. The molecule has 1 aliphatic rings. The molecule has 1 aliphatic heterocycles. The van der Waals surface area contributed by atoms with E-state index in [1.165, 1.54) is 4.90 Å². The number of ether oxygens (including phenoxy) is 5. The minimum absolute atomic E-state index is 0.170. The Morgan fingerprint density at radius 3 is 1.79 bits per heavy atom. The molecule has 0 saturated heterocycles. The van der Waals surface area contributed by atoms with E-state index >= 15 is 0 Å². The lowest BCUT2D eigenvalue weighted by Gasteiger charge is -2.20. The minimum atomic E-state index is -0.905. The van der Waals surface area contributed by atoms with Gasteiger partial charge in [-0.15, -0.1) is 11.6 Å². The lowest BCUT2D eigenvalue weighted by molar-refractivity contribution is -0.0188. The fourth-order valence-electron chi connectivity index (χ4n) is 2.77. The number of halogens is 1. The third-order valence-electron chi connectivity index (χ3n) is 4.21. The molecule has 9 heteroatoms. The predicted octanol–water partition coefficient (Wildman–Crippen LogP) is 1.46. The molecule has 2 rings (SSSR count). The number of alkyl halides is 1. The number of nitrogens with zero attached hydrogens (tertiary/aromatic N) is 1. The van der Waals surface area contributed by atoms with Gasteiger partial charge in [-0.3, -0.25) is 4.79 Å². The van der Waals surface area contributed by atoms with Gasteiger partial charge in [-0.25, -0.2) is 0 Å². The molecular formula is C20H30ClNO7. The van der Waals surface area contributed by atoms with E-state index < -0.39 is 6.23 Å². The fraction of sp³-hybridized carbons (Fsp3) is 0.650. The van der Waals surface area contributed by atoms with Crippen molar-refractivity contribution >= 4 is 17.5 Å². The summed E-state index contributed by atoms with van der Waals surface area (Å²) in [5.74, 6) is 0.321. The molecule has 8 nitrogen and oxygen atoms in total. The van der Waals surface area contributed by atoms with Crippen LogP contribution in [0.2, 0.25) is 0 Å². The summed E-state index contributed by atoms with van der Waals surface area (Å²) in [6, 6.07) is 7.08.